The van der Waals surface area contributed by atoms with E-state index in [9.17, 15) is 4.79 Å². The number of hydrogen-bond acceptors (Lipinski definition) is 1. The van der Waals surface area contributed by atoms with E-state index in [0.717, 1.165) is 25.5 Å². The van der Waals surface area contributed by atoms with Gasteiger partial charge >= 0.3 is 0 Å². The number of aryl methyl sites for hydroxylation is 1. The molecule has 3 rings (SSSR count). The number of carbonyl (C=O) groups is 1. The van der Waals surface area contributed by atoms with Crippen LogP contribution >= 0.6 is 0 Å². The maximum absolute atomic E-state index is 10.8. The molecule has 1 aliphatic rings. The molecule has 19 heavy (non-hydrogen) atoms. The number of rotatable bonds is 2. The fourth-order valence-electron chi connectivity index (χ4n) is 2.81. The zero-order chi connectivity index (χ0) is 13.2. The lowest BCUT2D eigenvalue weighted by molar-refractivity contribution is -0.111. The van der Waals surface area contributed by atoms with Crippen LogP contribution in [0.2, 0.25) is 0 Å². The largest absolute Gasteiger partial charge is 0.303 e. The molecule has 0 fully saturated rings. The highest BCUT2D eigenvalue weighted by atomic mass is 16.1. The van der Waals surface area contributed by atoms with Gasteiger partial charge < -0.3 is 4.79 Å². The molecule has 1 atom stereocenters. The Labute approximate surface area is 113 Å². The molecule has 0 heterocycles. The molecule has 1 nitrogen and oxygen atoms in total. The summed E-state index contributed by atoms with van der Waals surface area (Å²) in [5.74, 6) is 0.229. The van der Waals surface area contributed by atoms with E-state index in [4.69, 9.17) is 0 Å². The van der Waals surface area contributed by atoms with Gasteiger partial charge in [0.15, 0.2) is 0 Å². The second-order valence-electron chi connectivity index (χ2n) is 5.47. The van der Waals surface area contributed by atoms with Gasteiger partial charge in [-0.2, -0.15) is 0 Å². The van der Waals surface area contributed by atoms with Crippen molar-refractivity contribution in [3.63, 3.8) is 0 Å². The molecule has 0 saturated carbocycles. The first kappa shape index (κ1) is 12.2. The van der Waals surface area contributed by atoms with E-state index in [1.54, 1.807) is 0 Å². The van der Waals surface area contributed by atoms with Gasteiger partial charge in [-0.15, -0.1) is 0 Å². The highest BCUT2D eigenvalue weighted by Gasteiger charge is 2.14. The molecule has 2 aromatic rings. The summed E-state index contributed by atoms with van der Waals surface area (Å²) < 4.78 is 0. The SMILES string of the molecule is Cc1ccc2cc(C3=CCC(C=O)CC3)ccc2c1. The fourth-order valence-corrected chi connectivity index (χ4v) is 2.81. The smallest absolute Gasteiger partial charge is 0.123 e. The quantitative estimate of drug-likeness (QED) is 0.716. The van der Waals surface area contributed by atoms with Crippen LogP contribution in [-0.4, -0.2) is 6.29 Å². The third kappa shape index (κ3) is 2.46. The average molecular weight is 250 g/mol. The van der Waals surface area contributed by atoms with Gasteiger partial charge in [-0.1, -0.05) is 42.0 Å². The molecule has 1 heteroatoms. The van der Waals surface area contributed by atoms with Crippen molar-refractivity contribution in [1.82, 2.24) is 0 Å². The fraction of sp³-hybridized carbons (Fsp3) is 0.278. The van der Waals surface area contributed by atoms with Crippen molar-refractivity contribution >= 4 is 22.6 Å². The number of aldehydes is 1. The Hall–Kier alpha value is -1.89. The third-order valence-corrected chi connectivity index (χ3v) is 4.01. The van der Waals surface area contributed by atoms with Gasteiger partial charge in [0.2, 0.25) is 0 Å². The molecule has 0 aliphatic heterocycles. The lowest BCUT2D eigenvalue weighted by Crippen LogP contribution is -2.06. The Morgan fingerprint density at radius 2 is 1.89 bits per heavy atom. The van der Waals surface area contributed by atoms with Gasteiger partial charge in [0.25, 0.3) is 0 Å². The molecule has 0 saturated heterocycles. The van der Waals surface area contributed by atoms with Crippen LogP contribution in [0.3, 0.4) is 0 Å². The lowest BCUT2D eigenvalue weighted by atomic mass is 9.87. The molecule has 0 bridgehead atoms. The van der Waals surface area contributed by atoms with E-state index in [0.29, 0.717) is 0 Å². The van der Waals surface area contributed by atoms with Crippen molar-refractivity contribution in [3.05, 3.63) is 53.6 Å². The zero-order valence-corrected chi connectivity index (χ0v) is 11.2. The van der Waals surface area contributed by atoms with Crippen molar-refractivity contribution in [3.8, 4) is 0 Å². The van der Waals surface area contributed by atoms with Gasteiger partial charge in [0.05, 0.1) is 0 Å². The normalized spacial score (nSPS) is 19.2. The highest BCUT2D eigenvalue weighted by Crippen LogP contribution is 2.31. The van der Waals surface area contributed by atoms with E-state index in [2.05, 4.69) is 49.4 Å². The molecule has 0 radical (unpaired) electrons. The molecular weight excluding hydrogens is 232 g/mol. The molecule has 0 amide bonds. The summed E-state index contributed by atoms with van der Waals surface area (Å²) in [6.07, 6.45) is 6.22. The van der Waals surface area contributed by atoms with Crippen LogP contribution in [0.5, 0.6) is 0 Å². The molecule has 0 N–H and O–H groups in total. The van der Waals surface area contributed by atoms with Crippen molar-refractivity contribution in [1.29, 1.82) is 0 Å². The van der Waals surface area contributed by atoms with E-state index in [1.165, 1.54) is 27.5 Å². The Balaban J connectivity index is 1.96. The number of hydrogen-bond donors (Lipinski definition) is 0. The van der Waals surface area contributed by atoms with Crippen molar-refractivity contribution in [2.24, 2.45) is 5.92 Å². The summed E-state index contributed by atoms with van der Waals surface area (Å²) in [6.45, 7) is 2.12. The van der Waals surface area contributed by atoms with Crippen LogP contribution in [0.15, 0.2) is 42.5 Å². The summed E-state index contributed by atoms with van der Waals surface area (Å²) in [5.41, 5.74) is 3.99. The standard InChI is InChI=1S/C18H18O/c1-13-2-5-18-11-17(9-8-16(18)10-13)15-6-3-14(12-19)4-7-15/h2,5-6,8-12,14H,3-4,7H2,1H3. The van der Waals surface area contributed by atoms with E-state index in [-0.39, 0.29) is 5.92 Å². The number of benzene rings is 2. The monoisotopic (exact) mass is 250 g/mol. The van der Waals surface area contributed by atoms with Gasteiger partial charge in [0, 0.05) is 5.92 Å². The maximum atomic E-state index is 10.8. The van der Waals surface area contributed by atoms with Gasteiger partial charge in [-0.3, -0.25) is 0 Å². The highest BCUT2D eigenvalue weighted by molar-refractivity contribution is 5.87. The van der Waals surface area contributed by atoms with Crippen molar-refractivity contribution < 1.29 is 4.79 Å². The van der Waals surface area contributed by atoms with Crippen LogP contribution in [0.4, 0.5) is 0 Å². The van der Waals surface area contributed by atoms with E-state index >= 15 is 0 Å². The zero-order valence-electron chi connectivity index (χ0n) is 11.2. The first-order chi connectivity index (χ1) is 9.26. The summed E-state index contributed by atoms with van der Waals surface area (Å²) >= 11 is 0. The second-order valence-corrected chi connectivity index (χ2v) is 5.47. The van der Waals surface area contributed by atoms with E-state index < -0.39 is 0 Å². The van der Waals surface area contributed by atoms with Gasteiger partial charge in [0.1, 0.15) is 6.29 Å². The van der Waals surface area contributed by atoms with Gasteiger partial charge in [-0.05, 0) is 54.2 Å². The van der Waals surface area contributed by atoms with Gasteiger partial charge in [-0.25, -0.2) is 0 Å². The summed E-state index contributed by atoms with van der Waals surface area (Å²) in [7, 11) is 0. The molecular formula is C18H18O. The minimum Gasteiger partial charge on any atom is -0.303 e. The van der Waals surface area contributed by atoms with Crippen LogP contribution in [0.25, 0.3) is 16.3 Å². The Bertz CT molecular complexity index is 652. The molecule has 0 aromatic heterocycles. The number of allylic oxidation sites excluding steroid dienone is 2. The van der Waals surface area contributed by atoms with Crippen LogP contribution < -0.4 is 0 Å². The van der Waals surface area contributed by atoms with Crippen molar-refractivity contribution in [2.75, 3.05) is 0 Å². The Morgan fingerprint density at radius 3 is 2.63 bits per heavy atom. The molecule has 0 spiro atoms. The van der Waals surface area contributed by atoms with Crippen molar-refractivity contribution in [2.45, 2.75) is 26.2 Å². The average Bonchev–Trinajstić information content (AvgIpc) is 2.47. The first-order valence-corrected chi connectivity index (χ1v) is 6.91. The number of fused-ring (bicyclic) bond motifs is 1. The topological polar surface area (TPSA) is 17.1 Å². The number of carbonyl (C=O) groups excluding carboxylic acids is 1. The molecule has 2 aromatic carbocycles. The predicted molar refractivity (Wildman–Crippen MR) is 80.1 cm³/mol. The lowest BCUT2D eigenvalue weighted by Gasteiger charge is -2.18. The Morgan fingerprint density at radius 1 is 1.11 bits per heavy atom. The summed E-state index contributed by atoms with van der Waals surface area (Å²) in [5, 5.41) is 2.59. The molecule has 1 aliphatic carbocycles. The summed E-state index contributed by atoms with van der Waals surface area (Å²) in [6, 6.07) is 13.2. The molecule has 96 valence electrons. The second kappa shape index (κ2) is 5.00. The minimum absolute atomic E-state index is 0.229. The van der Waals surface area contributed by atoms with Crippen LogP contribution in [0.1, 0.15) is 30.4 Å². The minimum atomic E-state index is 0.229. The maximum Gasteiger partial charge on any atom is 0.123 e. The Kier molecular flexibility index (Phi) is 3.20. The van der Waals surface area contributed by atoms with Crippen LogP contribution in [0, 0.1) is 12.8 Å². The van der Waals surface area contributed by atoms with Crippen LogP contribution in [-0.2, 0) is 4.79 Å². The first-order valence-electron chi connectivity index (χ1n) is 6.91. The molecule has 1 unspecified atom stereocenters. The van der Waals surface area contributed by atoms with E-state index in [1.807, 2.05) is 0 Å². The predicted octanol–water partition coefficient (Wildman–Crippen LogP) is 4.53. The summed E-state index contributed by atoms with van der Waals surface area (Å²) in [4.78, 5) is 10.8. The third-order valence-electron chi connectivity index (χ3n) is 4.01.